The van der Waals surface area contributed by atoms with Gasteiger partial charge in [-0.05, 0) is 37.0 Å². The van der Waals surface area contributed by atoms with Crippen LogP contribution in [0.4, 0.5) is 0 Å². The summed E-state index contributed by atoms with van der Waals surface area (Å²) in [4.78, 5) is 0.192. The molecule has 7 heteroatoms. The molecule has 1 aliphatic carbocycles. The largest absolute Gasteiger partial charge is 0.242 e. The number of benzene rings is 1. The molecule has 0 saturated heterocycles. The van der Waals surface area contributed by atoms with Crippen molar-refractivity contribution in [3.63, 3.8) is 0 Å². The first kappa shape index (κ1) is 14.6. The van der Waals surface area contributed by atoms with Gasteiger partial charge in [-0.2, -0.15) is 0 Å². The number of hydrogen-bond acceptors (Lipinski definition) is 2. The molecule has 1 fully saturated rings. The summed E-state index contributed by atoms with van der Waals surface area (Å²) in [6, 6.07) is 4.39. The predicted octanol–water partition coefficient (Wildman–Crippen LogP) is 3.45. The molecule has 1 unspecified atom stereocenters. The number of rotatable bonds is 5. The van der Waals surface area contributed by atoms with Crippen molar-refractivity contribution in [3.8, 4) is 0 Å². The monoisotopic (exact) mass is 371 g/mol. The second kappa shape index (κ2) is 5.67. The number of alkyl halides is 1. The molecule has 100 valence electrons. The molecule has 0 bridgehead atoms. The topological polar surface area (TPSA) is 46.2 Å². The molecule has 3 nitrogen and oxygen atoms in total. The first-order valence-electron chi connectivity index (χ1n) is 5.49. The Kier molecular flexibility index (Phi) is 4.60. The Labute approximate surface area is 125 Å². The van der Waals surface area contributed by atoms with Crippen LogP contribution in [0.2, 0.25) is 10.0 Å². The highest BCUT2D eigenvalue weighted by molar-refractivity contribution is 9.09. The van der Waals surface area contributed by atoms with Crippen molar-refractivity contribution in [2.24, 2.45) is 5.92 Å². The number of hydrogen-bond donors (Lipinski definition) is 1. The van der Waals surface area contributed by atoms with Crippen LogP contribution < -0.4 is 4.72 Å². The van der Waals surface area contributed by atoms with Crippen LogP contribution in [0.15, 0.2) is 23.1 Å². The average Bonchev–Trinajstić information content (AvgIpc) is 3.13. The second-order valence-electron chi connectivity index (χ2n) is 4.28. The summed E-state index contributed by atoms with van der Waals surface area (Å²) in [5.41, 5.74) is 0. The highest BCUT2D eigenvalue weighted by atomic mass is 79.9. The minimum Gasteiger partial charge on any atom is -0.210 e. The summed E-state index contributed by atoms with van der Waals surface area (Å²) in [6.07, 6.45) is 2.30. The SMILES string of the molecule is O=S(=O)(NCC(Br)C1CC1)c1cc(Cl)ccc1Cl. The summed E-state index contributed by atoms with van der Waals surface area (Å²) < 4.78 is 26.7. The van der Waals surface area contributed by atoms with Crippen molar-refractivity contribution < 1.29 is 8.42 Å². The summed E-state index contributed by atoms with van der Waals surface area (Å²) >= 11 is 15.1. The van der Waals surface area contributed by atoms with Crippen LogP contribution >= 0.6 is 39.1 Å². The van der Waals surface area contributed by atoms with Gasteiger partial charge in [0.25, 0.3) is 0 Å². The van der Waals surface area contributed by atoms with Gasteiger partial charge in [-0.15, -0.1) is 0 Å². The zero-order valence-corrected chi connectivity index (χ0v) is 13.3. The van der Waals surface area contributed by atoms with Crippen molar-refractivity contribution in [1.82, 2.24) is 4.72 Å². The third-order valence-corrected chi connectivity index (χ3v) is 6.00. The Bertz CT molecular complexity index is 546. The van der Waals surface area contributed by atoms with Crippen LogP contribution in [0.5, 0.6) is 0 Å². The van der Waals surface area contributed by atoms with E-state index in [1.807, 2.05) is 0 Å². The quantitative estimate of drug-likeness (QED) is 0.804. The lowest BCUT2D eigenvalue weighted by Gasteiger charge is -2.11. The summed E-state index contributed by atoms with van der Waals surface area (Å²) in [5.74, 6) is 0.572. The normalized spacial score (nSPS) is 17.7. The van der Waals surface area contributed by atoms with Crippen molar-refractivity contribution in [3.05, 3.63) is 28.2 Å². The van der Waals surface area contributed by atoms with Crippen LogP contribution in [-0.2, 0) is 10.0 Å². The van der Waals surface area contributed by atoms with Crippen molar-refractivity contribution >= 4 is 49.2 Å². The van der Waals surface area contributed by atoms with Gasteiger partial charge in [-0.3, -0.25) is 0 Å². The van der Waals surface area contributed by atoms with Gasteiger partial charge in [0.1, 0.15) is 4.90 Å². The van der Waals surface area contributed by atoms with Gasteiger partial charge in [0.05, 0.1) is 5.02 Å². The second-order valence-corrected chi connectivity index (χ2v) is 8.04. The molecule has 0 aliphatic heterocycles. The minimum absolute atomic E-state index is 0.0205. The molecule has 18 heavy (non-hydrogen) atoms. The Balaban J connectivity index is 2.11. The Morgan fingerprint density at radius 2 is 2.06 bits per heavy atom. The van der Waals surface area contributed by atoms with Gasteiger partial charge >= 0.3 is 0 Å². The molecular formula is C11H12BrCl2NO2S. The highest BCUT2D eigenvalue weighted by Crippen LogP contribution is 2.36. The molecule has 0 aromatic heterocycles. The molecule has 2 rings (SSSR count). The summed E-state index contributed by atoms with van der Waals surface area (Å²) in [6.45, 7) is 0.357. The molecule has 1 aromatic rings. The van der Waals surface area contributed by atoms with Crippen LogP contribution in [-0.4, -0.2) is 19.8 Å². The zero-order valence-electron chi connectivity index (χ0n) is 9.37. The maximum Gasteiger partial charge on any atom is 0.242 e. The van der Waals surface area contributed by atoms with E-state index in [-0.39, 0.29) is 14.7 Å². The van der Waals surface area contributed by atoms with E-state index in [2.05, 4.69) is 20.7 Å². The first-order valence-corrected chi connectivity index (χ1v) is 8.64. The molecule has 0 spiro atoms. The van der Waals surface area contributed by atoms with Crippen molar-refractivity contribution in [1.29, 1.82) is 0 Å². The maximum absolute atomic E-state index is 12.1. The lowest BCUT2D eigenvalue weighted by Crippen LogP contribution is -2.30. The van der Waals surface area contributed by atoms with E-state index < -0.39 is 10.0 Å². The number of halogens is 3. The molecule has 1 atom stereocenters. The number of sulfonamides is 1. The van der Waals surface area contributed by atoms with Gasteiger partial charge in [0, 0.05) is 16.4 Å². The lowest BCUT2D eigenvalue weighted by atomic mass is 10.3. The molecular weight excluding hydrogens is 361 g/mol. The van der Waals surface area contributed by atoms with E-state index in [1.165, 1.54) is 12.1 Å². The molecule has 1 N–H and O–H groups in total. The molecule has 0 amide bonds. The highest BCUT2D eigenvalue weighted by Gasteiger charge is 2.30. The molecule has 1 aromatic carbocycles. The van der Waals surface area contributed by atoms with E-state index in [0.717, 1.165) is 12.8 Å². The van der Waals surface area contributed by atoms with Crippen LogP contribution in [0, 0.1) is 5.92 Å². The Morgan fingerprint density at radius 3 is 2.67 bits per heavy atom. The maximum atomic E-state index is 12.1. The van der Waals surface area contributed by atoms with E-state index in [1.54, 1.807) is 6.07 Å². The third-order valence-electron chi connectivity index (χ3n) is 2.78. The fourth-order valence-corrected chi connectivity index (χ4v) is 4.30. The van der Waals surface area contributed by atoms with Gasteiger partial charge in [0.2, 0.25) is 10.0 Å². The summed E-state index contributed by atoms with van der Waals surface area (Å²) in [5, 5.41) is 0.516. The van der Waals surface area contributed by atoms with Crippen molar-refractivity contribution in [2.45, 2.75) is 22.6 Å². The average molecular weight is 373 g/mol. The Morgan fingerprint density at radius 1 is 1.39 bits per heavy atom. The molecule has 1 aliphatic rings. The van der Waals surface area contributed by atoms with Gasteiger partial charge in [0.15, 0.2) is 0 Å². The van der Waals surface area contributed by atoms with Gasteiger partial charge in [-0.25, -0.2) is 13.1 Å². The van der Waals surface area contributed by atoms with Crippen LogP contribution in [0.25, 0.3) is 0 Å². The number of nitrogens with one attached hydrogen (secondary N) is 1. The molecule has 1 saturated carbocycles. The van der Waals surface area contributed by atoms with Crippen molar-refractivity contribution in [2.75, 3.05) is 6.54 Å². The van der Waals surface area contributed by atoms with E-state index in [9.17, 15) is 8.42 Å². The standard InChI is InChI=1S/C11H12BrCl2NO2S/c12-9(7-1-2-7)6-15-18(16,17)11-5-8(13)3-4-10(11)14/h3-5,7,9,15H,1-2,6H2. The van der Waals surface area contributed by atoms with E-state index in [0.29, 0.717) is 17.5 Å². The predicted molar refractivity (Wildman–Crippen MR) is 77.1 cm³/mol. The van der Waals surface area contributed by atoms with E-state index in [4.69, 9.17) is 23.2 Å². The fourth-order valence-electron chi connectivity index (χ4n) is 1.57. The van der Waals surface area contributed by atoms with Crippen LogP contribution in [0.3, 0.4) is 0 Å². The lowest BCUT2D eigenvalue weighted by molar-refractivity contribution is 0.578. The molecule has 0 heterocycles. The van der Waals surface area contributed by atoms with E-state index >= 15 is 0 Å². The van der Waals surface area contributed by atoms with Gasteiger partial charge < -0.3 is 0 Å². The zero-order chi connectivity index (χ0) is 13.3. The first-order chi connectivity index (χ1) is 8.40. The minimum atomic E-state index is -3.61. The third kappa shape index (κ3) is 3.61. The fraction of sp³-hybridized carbons (Fsp3) is 0.455. The van der Waals surface area contributed by atoms with Gasteiger partial charge in [-0.1, -0.05) is 39.1 Å². The summed E-state index contributed by atoms with van der Waals surface area (Å²) in [7, 11) is -3.61. The Hall–Kier alpha value is 0.190. The smallest absolute Gasteiger partial charge is 0.210 e. The molecule has 0 radical (unpaired) electrons. The van der Waals surface area contributed by atoms with Crippen LogP contribution in [0.1, 0.15) is 12.8 Å².